The number of methoxy groups -OCH3 is 1. The van der Waals surface area contributed by atoms with Crippen molar-refractivity contribution < 1.29 is 14.3 Å². The largest absolute Gasteiger partial charge is 0.496 e. The SMILES string of the molecule is CCOC(=O)C=C(C)C=CC1=C(c2c(C)cc(OC)c(C)c2C)CCCC1. The van der Waals surface area contributed by atoms with E-state index in [1.54, 1.807) is 13.2 Å². The van der Waals surface area contributed by atoms with E-state index in [1.807, 2.05) is 19.9 Å². The van der Waals surface area contributed by atoms with Gasteiger partial charge in [-0.05, 0) is 105 Å². The van der Waals surface area contributed by atoms with Gasteiger partial charge in [-0.3, -0.25) is 0 Å². The highest BCUT2D eigenvalue weighted by atomic mass is 16.5. The van der Waals surface area contributed by atoms with E-state index in [1.165, 1.54) is 46.2 Å². The molecule has 0 fully saturated rings. The lowest BCUT2D eigenvalue weighted by atomic mass is 9.82. The standard InChI is InChI=1S/C24H32O3/c1-7-27-23(25)14-16(2)12-13-20-10-8-9-11-21(20)24-17(3)15-22(26-6)18(4)19(24)5/h12-15H,7-11H2,1-6H3. The van der Waals surface area contributed by atoms with Gasteiger partial charge in [-0.25, -0.2) is 4.79 Å². The lowest BCUT2D eigenvalue weighted by Gasteiger charge is -2.24. The van der Waals surface area contributed by atoms with Gasteiger partial charge in [-0.15, -0.1) is 0 Å². The van der Waals surface area contributed by atoms with E-state index in [-0.39, 0.29) is 5.97 Å². The minimum Gasteiger partial charge on any atom is -0.496 e. The first-order chi connectivity index (χ1) is 12.9. The van der Waals surface area contributed by atoms with Crippen LogP contribution in [0.2, 0.25) is 0 Å². The van der Waals surface area contributed by atoms with Crippen molar-refractivity contribution >= 4 is 11.5 Å². The van der Waals surface area contributed by atoms with Gasteiger partial charge in [0, 0.05) is 6.08 Å². The molecule has 0 unspecified atom stereocenters. The van der Waals surface area contributed by atoms with Gasteiger partial charge in [-0.2, -0.15) is 0 Å². The number of esters is 1. The summed E-state index contributed by atoms with van der Waals surface area (Å²) in [5.41, 5.74) is 8.84. The lowest BCUT2D eigenvalue weighted by Crippen LogP contribution is -2.04. The van der Waals surface area contributed by atoms with Gasteiger partial charge in [0.05, 0.1) is 13.7 Å². The second-order valence-electron chi connectivity index (χ2n) is 7.21. The smallest absolute Gasteiger partial charge is 0.330 e. The van der Waals surface area contributed by atoms with E-state index < -0.39 is 0 Å². The summed E-state index contributed by atoms with van der Waals surface area (Å²) >= 11 is 0. The molecule has 0 aromatic heterocycles. The third-order valence-corrected chi connectivity index (χ3v) is 5.26. The number of carbonyl (C=O) groups excluding carboxylic acids is 1. The van der Waals surface area contributed by atoms with Crippen LogP contribution in [-0.2, 0) is 9.53 Å². The van der Waals surface area contributed by atoms with Crippen LogP contribution in [0.25, 0.3) is 5.57 Å². The number of ether oxygens (including phenoxy) is 2. The van der Waals surface area contributed by atoms with Crippen molar-refractivity contribution in [3.63, 3.8) is 0 Å². The maximum absolute atomic E-state index is 11.6. The van der Waals surface area contributed by atoms with Gasteiger partial charge >= 0.3 is 5.97 Å². The highest BCUT2D eigenvalue weighted by Gasteiger charge is 2.19. The van der Waals surface area contributed by atoms with Gasteiger partial charge in [0.15, 0.2) is 0 Å². The summed E-state index contributed by atoms with van der Waals surface area (Å²) < 4.78 is 10.5. The minimum atomic E-state index is -0.282. The Kier molecular flexibility index (Phi) is 7.46. The van der Waals surface area contributed by atoms with E-state index in [0.29, 0.717) is 6.61 Å². The number of benzene rings is 1. The molecule has 0 atom stereocenters. The van der Waals surface area contributed by atoms with Crippen molar-refractivity contribution in [1.82, 2.24) is 0 Å². The molecule has 0 heterocycles. The molecule has 0 amide bonds. The van der Waals surface area contributed by atoms with Crippen LogP contribution in [0.1, 0.15) is 61.8 Å². The fourth-order valence-electron chi connectivity index (χ4n) is 3.77. The number of aryl methyl sites for hydroxylation is 1. The van der Waals surface area contributed by atoms with Crippen LogP contribution in [0.3, 0.4) is 0 Å². The first-order valence-electron chi connectivity index (χ1n) is 9.79. The Balaban J connectivity index is 2.44. The molecular formula is C24H32O3. The third-order valence-electron chi connectivity index (χ3n) is 5.26. The normalized spacial score (nSPS) is 15.4. The molecular weight excluding hydrogens is 336 g/mol. The minimum absolute atomic E-state index is 0.282. The summed E-state index contributed by atoms with van der Waals surface area (Å²) in [5, 5.41) is 0. The summed E-state index contributed by atoms with van der Waals surface area (Å²) in [5.74, 6) is 0.672. The van der Waals surface area contributed by atoms with Crippen LogP contribution in [0.5, 0.6) is 5.75 Å². The molecule has 2 rings (SSSR count). The molecule has 0 saturated carbocycles. The van der Waals surface area contributed by atoms with Gasteiger partial charge < -0.3 is 9.47 Å². The Morgan fingerprint density at radius 2 is 1.85 bits per heavy atom. The molecule has 0 N–H and O–H groups in total. The molecule has 3 nitrogen and oxygen atoms in total. The summed E-state index contributed by atoms with van der Waals surface area (Å²) in [6.07, 6.45) is 10.3. The van der Waals surface area contributed by atoms with E-state index in [4.69, 9.17) is 9.47 Å². The summed E-state index contributed by atoms with van der Waals surface area (Å²) in [6, 6.07) is 2.15. The highest BCUT2D eigenvalue weighted by Crippen LogP contribution is 2.39. The lowest BCUT2D eigenvalue weighted by molar-refractivity contribution is -0.137. The Labute approximate surface area is 163 Å². The molecule has 1 aromatic carbocycles. The fourth-order valence-corrected chi connectivity index (χ4v) is 3.77. The van der Waals surface area contributed by atoms with E-state index in [0.717, 1.165) is 24.2 Å². The van der Waals surface area contributed by atoms with Gasteiger partial charge in [-0.1, -0.05) is 12.2 Å². The molecule has 146 valence electrons. The Bertz CT molecular complexity index is 794. The zero-order valence-electron chi connectivity index (χ0n) is 17.6. The first kappa shape index (κ1) is 21.0. The van der Waals surface area contributed by atoms with Crippen molar-refractivity contribution in [2.75, 3.05) is 13.7 Å². The molecule has 27 heavy (non-hydrogen) atoms. The number of rotatable bonds is 6. The molecule has 0 spiro atoms. The molecule has 0 aliphatic heterocycles. The highest BCUT2D eigenvalue weighted by molar-refractivity contribution is 5.83. The number of carbonyl (C=O) groups is 1. The van der Waals surface area contributed by atoms with Crippen LogP contribution < -0.4 is 4.74 Å². The second kappa shape index (κ2) is 9.59. The van der Waals surface area contributed by atoms with Crippen molar-refractivity contribution in [2.24, 2.45) is 0 Å². The van der Waals surface area contributed by atoms with Crippen LogP contribution in [0, 0.1) is 20.8 Å². The van der Waals surface area contributed by atoms with Crippen molar-refractivity contribution in [3.05, 3.63) is 57.7 Å². The van der Waals surface area contributed by atoms with Gasteiger partial charge in [0.1, 0.15) is 5.75 Å². The monoisotopic (exact) mass is 368 g/mol. The van der Waals surface area contributed by atoms with E-state index in [2.05, 4.69) is 32.9 Å². The van der Waals surface area contributed by atoms with Crippen LogP contribution in [0.4, 0.5) is 0 Å². The van der Waals surface area contributed by atoms with Crippen LogP contribution >= 0.6 is 0 Å². The van der Waals surface area contributed by atoms with Gasteiger partial charge in [0.2, 0.25) is 0 Å². The molecule has 1 aliphatic rings. The molecule has 0 bridgehead atoms. The third kappa shape index (κ3) is 5.12. The molecule has 1 aliphatic carbocycles. The maximum Gasteiger partial charge on any atom is 0.330 e. The summed E-state index contributed by atoms with van der Waals surface area (Å²) in [6.45, 7) is 10.6. The first-order valence-corrected chi connectivity index (χ1v) is 9.79. The predicted octanol–water partition coefficient (Wildman–Crippen LogP) is 6.01. The Morgan fingerprint density at radius 3 is 2.52 bits per heavy atom. The van der Waals surface area contributed by atoms with E-state index >= 15 is 0 Å². The zero-order chi connectivity index (χ0) is 20.0. The van der Waals surface area contributed by atoms with E-state index in [9.17, 15) is 4.79 Å². The summed E-state index contributed by atoms with van der Waals surface area (Å²) in [7, 11) is 1.73. The average molecular weight is 369 g/mol. The zero-order valence-corrected chi connectivity index (χ0v) is 17.6. The molecule has 0 radical (unpaired) electrons. The predicted molar refractivity (Wildman–Crippen MR) is 112 cm³/mol. The van der Waals surface area contributed by atoms with Crippen LogP contribution in [0.15, 0.2) is 35.4 Å². The molecule has 1 aromatic rings. The Hall–Kier alpha value is -2.29. The second-order valence-corrected chi connectivity index (χ2v) is 7.21. The van der Waals surface area contributed by atoms with Gasteiger partial charge in [0.25, 0.3) is 0 Å². The Morgan fingerprint density at radius 1 is 1.15 bits per heavy atom. The quantitative estimate of drug-likeness (QED) is 0.350. The molecule has 3 heteroatoms. The fraction of sp³-hybridized carbons (Fsp3) is 0.458. The average Bonchev–Trinajstić information content (AvgIpc) is 2.64. The molecule has 0 saturated heterocycles. The topological polar surface area (TPSA) is 35.5 Å². The van der Waals surface area contributed by atoms with Crippen molar-refractivity contribution in [3.8, 4) is 5.75 Å². The number of hydrogen-bond acceptors (Lipinski definition) is 3. The maximum atomic E-state index is 11.6. The summed E-state index contributed by atoms with van der Waals surface area (Å²) in [4.78, 5) is 11.6. The number of allylic oxidation sites excluding steroid dienone is 5. The number of hydrogen-bond donors (Lipinski definition) is 0. The van der Waals surface area contributed by atoms with Crippen molar-refractivity contribution in [1.29, 1.82) is 0 Å². The van der Waals surface area contributed by atoms with Crippen molar-refractivity contribution in [2.45, 2.75) is 60.3 Å². The van der Waals surface area contributed by atoms with Crippen LogP contribution in [-0.4, -0.2) is 19.7 Å².